The van der Waals surface area contributed by atoms with E-state index in [0.29, 0.717) is 22.9 Å². The quantitative estimate of drug-likeness (QED) is 0.728. The number of halogens is 1. The van der Waals surface area contributed by atoms with Crippen LogP contribution in [0.25, 0.3) is 0 Å². The fourth-order valence-electron chi connectivity index (χ4n) is 2.14. The van der Waals surface area contributed by atoms with Crippen LogP contribution >= 0.6 is 0 Å². The highest BCUT2D eigenvalue weighted by Gasteiger charge is 2.06. The maximum Gasteiger partial charge on any atom is 0.319 e. The molecule has 6 heteroatoms. The van der Waals surface area contributed by atoms with Crippen molar-refractivity contribution in [1.29, 1.82) is 0 Å². The van der Waals surface area contributed by atoms with E-state index in [1.54, 1.807) is 30.3 Å². The Hall–Kier alpha value is -3.41. The summed E-state index contributed by atoms with van der Waals surface area (Å²) in [5, 5.41) is 5.27. The largest absolute Gasteiger partial charge is 0.439 e. The predicted molar refractivity (Wildman–Crippen MR) is 93.0 cm³/mol. The minimum absolute atomic E-state index is 0.0942. The first-order chi connectivity index (χ1) is 12.2. The molecule has 0 atom stereocenters. The van der Waals surface area contributed by atoms with Gasteiger partial charge in [-0.2, -0.15) is 0 Å². The third-order valence-electron chi connectivity index (χ3n) is 3.36. The number of anilines is 1. The van der Waals surface area contributed by atoms with E-state index >= 15 is 0 Å². The number of hydrogen-bond donors (Lipinski definition) is 2. The molecule has 1 aromatic heterocycles. The molecular weight excluding hydrogens is 321 g/mol. The molecule has 0 aliphatic heterocycles. The molecule has 0 aliphatic rings. The van der Waals surface area contributed by atoms with E-state index in [1.807, 2.05) is 30.3 Å². The normalized spacial score (nSPS) is 10.1. The van der Waals surface area contributed by atoms with Crippen molar-refractivity contribution >= 4 is 11.7 Å². The number of nitrogens with one attached hydrogen (secondary N) is 2. The van der Waals surface area contributed by atoms with E-state index in [1.165, 1.54) is 12.3 Å². The standard InChI is InChI=1S/C19H16FN3O2/c20-17-9-5-4-6-14(17)13-22-19(24)23-15-10-11-21-18(12-15)25-16-7-2-1-3-8-16/h1-12H,13H2,(H2,21,22,23,24). The van der Waals surface area contributed by atoms with E-state index in [-0.39, 0.29) is 12.4 Å². The lowest BCUT2D eigenvalue weighted by molar-refractivity contribution is 0.251. The third-order valence-corrected chi connectivity index (χ3v) is 3.36. The molecule has 25 heavy (non-hydrogen) atoms. The topological polar surface area (TPSA) is 63.2 Å². The predicted octanol–water partition coefficient (Wildman–Crippen LogP) is 4.33. The third kappa shape index (κ3) is 4.78. The molecule has 2 aromatic carbocycles. The number of urea groups is 1. The van der Waals surface area contributed by atoms with Gasteiger partial charge < -0.3 is 15.4 Å². The van der Waals surface area contributed by atoms with Gasteiger partial charge in [-0.25, -0.2) is 14.2 Å². The summed E-state index contributed by atoms with van der Waals surface area (Å²) in [5.41, 5.74) is 0.937. The lowest BCUT2D eigenvalue weighted by Crippen LogP contribution is -2.28. The van der Waals surface area contributed by atoms with Crippen LogP contribution < -0.4 is 15.4 Å². The van der Waals surface area contributed by atoms with Crippen LogP contribution in [-0.2, 0) is 6.54 Å². The van der Waals surface area contributed by atoms with Gasteiger partial charge in [-0.1, -0.05) is 36.4 Å². The van der Waals surface area contributed by atoms with E-state index < -0.39 is 6.03 Å². The molecule has 0 saturated heterocycles. The van der Waals surface area contributed by atoms with Crippen LogP contribution in [0.1, 0.15) is 5.56 Å². The Bertz CT molecular complexity index is 856. The molecule has 0 radical (unpaired) electrons. The Morgan fingerprint density at radius 3 is 2.60 bits per heavy atom. The average molecular weight is 337 g/mol. The molecule has 2 N–H and O–H groups in total. The highest BCUT2D eigenvalue weighted by molar-refractivity contribution is 5.89. The number of ether oxygens (including phenoxy) is 1. The second kappa shape index (κ2) is 7.92. The Labute approximate surface area is 144 Å². The molecule has 126 valence electrons. The summed E-state index contributed by atoms with van der Waals surface area (Å²) in [6.07, 6.45) is 1.53. The molecule has 3 rings (SSSR count). The van der Waals surface area contributed by atoms with Gasteiger partial charge >= 0.3 is 6.03 Å². The van der Waals surface area contributed by atoms with E-state index in [2.05, 4.69) is 15.6 Å². The number of amides is 2. The maximum atomic E-state index is 13.5. The van der Waals surface area contributed by atoms with Gasteiger partial charge in [0.15, 0.2) is 0 Å². The first-order valence-electron chi connectivity index (χ1n) is 7.68. The highest BCUT2D eigenvalue weighted by Crippen LogP contribution is 2.21. The summed E-state index contributed by atoms with van der Waals surface area (Å²) in [6, 6.07) is 18.3. The molecule has 5 nitrogen and oxygen atoms in total. The number of aromatic nitrogens is 1. The number of pyridine rings is 1. The number of hydrogen-bond acceptors (Lipinski definition) is 3. The smallest absolute Gasteiger partial charge is 0.319 e. The second-order valence-corrected chi connectivity index (χ2v) is 5.20. The van der Waals surface area contributed by atoms with Gasteiger partial charge in [0.2, 0.25) is 5.88 Å². The molecular formula is C19H16FN3O2. The zero-order valence-corrected chi connectivity index (χ0v) is 13.3. The summed E-state index contributed by atoms with van der Waals surface area (Å²) in [7, 11) is 0. The molecule has 0 fully saturated rings. The Morgan fingerprint density at radius 1 is 1.04 bits per heavy atom. The summed E-state index contributed by atoms with van der Waals surface area (Å²) >= 11 is 0. The summed E-state index contributed by atoms with van der Waals surface area (Å²) in [5.74, 6) is 0.652. The Kier molecular flexibility index (Phi) is 5.21. The van der Waals surface area contributed by atoms with Crippen LogP contribution in [0.4, 0.5) is 14.9 Å². The zero-order valence-electron chi connectivity index (χ0n) is 13.3. The van der Waals surface area contributed by atoms with Gasteiger partial charge in [-0.05, 0) is 24.3 Å². The lowest BCUT2D eigenvalue weighted by atomic mass is 10.2. The van der Waals surface area contributed by atoms with Gasteiger partial charge in [-0.3, -0.25) is 0 Å². The van der Waals surface area contributed by atoms with Gasteiger partial charge in [0, 0.05) is 30.1 Å². The molecule has 3 aromatic rings. The van der Waals surface area contributed by atoms with E-state index in [9.17, 15) is 9.18 Å². The molecule has 0 aliphatic carbocycles. The maximum absolute atomic E-state index is 13.5. The van der Waals surface area contributed by atoms with Crippen LogP contribution in [0.2, 0.25) is 0 Å². The van der Waals surface area contributed by atoms with Crippen LogP contribution in [-0.4, -0.2) is 11.0 Å². The first-order valence-corrected chi connectivity index (χ1v) is 7.68. The van der Waals surface area contributed by atoms with Crippen LogP contribution in [0.5, 0.6) is 11.6 Å². The van der Waals surface area contributed by atoms with Gasteiger partial charge in [0.25, 0.3) is 0 Å². The number of nitrogens with zero attached hydrogens (tertiary/aromatic N) is 1. The molecule has 0 bridgehead atoms. The van der Waals surface area contributed by atoms with Crippen molar-refractivity contribution in [3.8, 4) is 11.6 Å². The van der Waals surface area contributed by atoms with Crippen LogP contribution in [0.15, 0.2) is 72.9 Å². The first kappa shape index (κ1) is 16.4. The minimum Gasteiger partial charge on any atom is -0.439 e. The van der Waals surface area contributed by atoms with Crippen LogP contribution in [0, 0.1) is 5.82 Å². The van der Waals surface area contributed by atoms with Crippen molar-refractivity contribution in [3.63, 3.8) is 0 Å². The van der Waals surface area contributed by atoms with Crippen LogP contribution in [0.3, 0.4) is 0 Å². The van der Waals surface area contributed by atoms with Crippen molar-refractivity contribution in [2.45, 2.75) is 6.54 Å². The van der Waals surface area contributed by atoms with Crippen molar-refractivity contribution < 1.29 is 13.9 Å². The zero-order chi connectivity index (χ0) is 17.5. The van der Waals surface area contributed by atoms with E-state index in [4.69, 9.17) is 4.74 Å². The van der Waals surface area contributed by atoms with Crippen molar-refractivity contribution in [1.82, 2.24) is 10.3 Å². The second-order valence-electron chi connectivity index (χ2n) is 5.20. The minimum atomic E-state index is -0.444. The van der Waals surface area contributed by atoms with Gasteiger partial charge in [-0.15, -0.1) is 0 Å². The number of rotatable bonds is 5. The Balaban J connectivity index is 1.58. The summed E-state index contributed by atoms with van der Waals surface area (Å²) < 4.78 is 19.1. The fourth-order valence-corrected chi connectivity index (χ4v) is 2.14. The summed E-state index contributed by atoms with van der Waals surface area (Å²) in [4.78, 5) is 16.1. The van der Waals surface area contributed by atoms with Crippen molar-refractivity contribution in [2.75, 3.05) is 5.32 Å². The molecule has 0 spiro atoms. The van der Waals surface area contributed by atoms with E-state index in [0.717, 1.165) is 0 Å². The average Bonchev–Trinajstić information content (AvgIpc) is 2.62. The molecule has 2 amide bonds. The fraction of sp³-hybridized carbons (Fsp3) is 0.0526. The van der Waals surface area contributed by atoms with Crippen molar-refractivity contribution in [2.24, 2.45) is 0 Å². The summed E-state index contributed by atoms with van der Waals surface area (Å²) in [6.45, 7) is 0.0942. The Morgan fingerprint density at radius 2 is 1.80 bits per heavy atom. The number of benzene rings is 2. The molecule has 1 heterocycles. The lowest BCUT2D eigenvalue weighted by Gasteiger charge is -2.09. The highest BCUT2D eigenvalue weighted by atomic mass is 19.1. The SMILES string of the molecule is O=C(NCc1ccccc1F)Nc1ccnc(Oc2ccccc2)c1. The number of para-hydroxylation sites is 1. The monoisotopic (exact) mass is 337 g/mol. The number of carbonyl (C=O) groups is 1. The number of carbonyl (C=O) groups excluding carboxylic acids is 1. The molecule has 0 saturated carbocycles. The molecule has 0 unspecified atom stereocenters. The van der Waals surface area contributed by atoms with Gasteiger partial charge in [0.1, 0.15) is 11.6 Å². The van der Waals surface area contributed by atoms with Crippen molar-refractivity contribution in [3.05, 3.63) is 84.3 Å². The van der Waals surface area contributed by atoms with Gasteiger partial charge in [0.05, 0.1) is 0 Å².